The van der Waals surface area contributed by atoms with Crippen molar-refractivity contribution in [2.45, 2.75) is 13.0 Å². The number of phenolic OH excluding ortho intramolecular Hbond substituents is 1. The molecule has 0 aliphatic carbocycles. The van der Waals surface area contributed by atoms with Gasteiger partial charge in [0.05, 0.1) is 18.2 Å². The van der Waals surface area contributed by atoms with E-state index in [-0.39, 0.29) is 29.8 Å². The van der Waals surface area contributed by atoms with Crippen LogP contribution in [0.3, 0.4) is 0 Å². The van der Waals surface area contributed by atoms with Gasteiger partial charge in [0.1, 0.15) is 5.75 Å². The predicted molar refractivity (Wildman–Crippen MR) is 65.0 cm³/mol. The van der Waals surface area contributed by atoms with Gasteiger partial charge in [-0.2, -0.15) is 0 Å². The number of carbonyl (C=O) groups excluding carboxylic acids is 1. The second-order valence-corrected chi connectivity index (χ2v) is 3.88. The van der Waals surface area contributed by atoms with E-state index in [0.29, 0.717) is 6.61 Å². The minimum absolute atomic E-state index is 0.0405. The topological polar surface area (TPSA) is 84.6 Å². The molecule has 0 saturated carbocycles. The average Bonchev–Trinajstić information content (AvgIpc) is 2.31. The Morgan fingerprint density at radius 3 is 2.88 bits per heavy atom. The van der Waals surface area contributed by atoms with Crippen LogP contribution in [0.15, 0.2) is 18.2 Å². The lowest BCUT2D eigenvalue weighted by Gasteiger charge is -2.16. The van der Waals surface area contributed by atoms with Gasteiger partial charge in [-0.15, -0.1) is 0 Å². The van der Waals surface area contributed by atoms with E-state index in [2.05, 4.69) is 5.32 Å². The third-order valence-electron chi connectivity index (χ3n) is 2.38. The van der Waals surface area contributed by atoms with Crippen molar-refractivity contribution in [1.82, 2.24) is 5.32 Å². The van der Waals surface area contributed by atoms with Gasteiger partial charge in [0.25, 0.3) is 5.91 Å². The third kappa shape index (κ3) is 3.72. The van der Waals surface area contributed by atoms with E-state index in [1.165, 1.54) is 6.07 Å². The number of nitrogens with two attached hydrogens (primary N) is 1. The van der Waals surface area contributed by atoms with E-state index in [0.717, 1.165) is 5.56 Å². The first-order chi connectivity index (χ1) is 8.08. The van der Waals surface area contributed by atoms with E-state index >= 15 is 0 Å². The van der Waals surface area contributed by atoms with Crippen molar-refractivity contribution in [2.75, 3.05) is 20.3 Å². The van der Waals surface area contributed by atoms with Crippen LogP contribution in [-0.2, 0) is 4.74 Å². The third-order valence-corrected chi connectivity index (χ3v) is 2.38. The molecule has 0 bridgehead atoms. The summed E-state index contributed by atoms with van der Waals surface area (Å²) < 4.78 is 4.93. The standard InChI is InChI=1S/C12H18N2O3/c1-8-3-4-11(15)10(5-8)12(16)14-9(6-13)7-17-2/h3-5,9,15H,6-7,13H2,1-2H3,(H,14,16). The first kappa shape index (κ1) is 13.5. The summed E-state index contributed by atoms with van der Waals surface area (Å²) in [5.41, 5.74) is 6.65. The molecule has 0 aliphatic heterocycles. The van der Waals surface area contributed by atoms with Gasteiger partial charge < -0.3 is 20.9 Å². The molecule has 1 aromatic carbocycles. The number of rotatable bonds is 5. The monoisotopic (exact) mass is 238 g/mol. The first-order valence-electron chi connectivity index (χ1n) is 5.38. The van der Waals surface area contributed by atoms with Crippen LogP contribution in [0.1, 0.15) is 15.9 Å². The summed E-state index contributed by atoms with van der Waals surface area (Å²) in [6.45, 7) is 2.48. The predicted octanol–water partition coefficient (Wildman–Crippen LogP) is 0.404. The lowest BCUT2D eigenvalue weighted by atomic mass is 10.1. The highest BCUT2D eigenvalue weighted by molar-refractivity contribution is 5.97. The van der Waals surface area contributed by atoms with Crippen molar-refractivity contribution in [3.05, 3.63) is 29.3 Å². The van der Waals surface area contributed by atoms with Crippen LogP contribution < -0.4 is 11.1 Å². The molecule has 1 rings (SSSR count). The molecule has 17 heavy (non-hydrogen) atoms. The van der Waals surface area contributed by atoms with Crippen molar-refractivity contribution in [3.8, 4) is 5.75 Å². The number of aryl methyl sites for hydroxylation is 1. The molecule has 4 N–H and O–H groups in total. The number of hydrogen-bond donors (Lipinski definition) is 3. The molecule has 1 aromatic rings. The Bertz CT molecular complexity index is 393. The minimum Gasteiger partial charge on any atom is -0.507 e. The highest BCUT2D eigenvalue weighted by atomic mass is 16.5. The van der Waals surface area contributed by atoms with Crippen molar-refractivity contribution in [1.29, 1.82) is 0 Å². The summed E-state index contributed by atoms with van der Waals surface area (Å²) in [6.07, 6.45) is 0. The van der Waals surface area contributed by atoms with Crippen LogP contribution in [0.2, 0.25) is 0 Å². The number of benzene rings is 1. The molecule has 94 valence electrons. The zero-order chi connectivity index (χ0) is 12.8. The van der Waals surface area contributed by atoms with Crippen LogP contribution in [0.4, 0.5) is 0 Å². The van der Waals surface area contributed by atoms with E-state index in [9.17, 15) is 9.90 Å². The molecule has 1 atom stereocenters. The van der Waals surface area contributed by atoms with Gasteiger partial charge in [-0.1, -0.05) is 11.6 Å². The second kappa shape index (κ2) is 6.22. The maximum Gasteiger partial charge on any atom is 0.255 e. The molecule has 1 amide bonds. The van der Waals surface area contributed by atoms with E-state index in [1.54, 1.807) is 19.2 Å². The molecule has 0 spiro atoms. The number of amides is 1. The minimum atomic E-state index is -0.348. The fraction of sp³-hybridized carbons (Fsp3) is 0.417. The van der Waals surface area contributed by atoms with Gasteiger partial charge in [0, 0.05) is 13.7 Å². The Labute approximate surface area is 101 Å². The quantitative estimate of drug-likeness (QED) is 0.693. The first-order valence-corrected chi connectivity index (χ1v) is 5.38. The van der Waals surface area contributed by atoms with Gasteiger partial charge in [0.2, 0.25) is 0 Å². The number of aromatic hydroxyl groups is 1. The molecule has 1 unspecified atom stereocenters. The smallest absolute Gasteiger partial charge is 0.255 e. The SMILES string of the molecule is COCC(CN)NC(=O)c1cc(C)ccc1O. The summed E-state index contributed by atoms with van der Waals surface area (Å²) in [5, 5.41) is 12.3. The number of ether oxygens (including phenoxy) is 1. The van der Waals surface area contributed by atoms with E-state index in [1.807, 2.05) is 6.92 Å². The zero-order valence-electron chi connectivity index (χ0n) is 10.1. The zero-order valence-corrected chi connectivity index (χ0v) is 10.1. The molecule has 5 heteroatoms. The molecular weight excluding hydrogens is 220 g/mol. The van der Waals surface area contributed by atoms with Gasteiger partial charge in [-0.3, -0.25) is 4.79 Å². The average molecular weight is 238 g/mol. The Kier molecular flexibility index (Phi) is 4.93. The number of phenols is 1. The molecule has 0 fully saturated rings. The Morgan fingerprint density at radius 2 is 2.29 bits per heavy atom. The van der Waals surface area contributed by atoms with Crippen molar-refractivity contribution < 1.29 is 14.6 Å². The van der Waals surface area contributed by atoms with Crippen LogP contribution in [0, 0.1) is 6.92 Å². The maximum absolute atomic E-state index is 11.9. The molecule has 0 heterocycles. The normalized spacial score (nSPS) is 12.2. The highest BCUT2D eigenvalue weighted by Gasteiger charge is 2.15. The fourth-order valence-corrected chi connectivity index (χ4v) is 1.46. The summed E-state index contributed by atoms with van der Waals surface area (Å²) in [4.78, 5) is 11.9. The number of methoxy groups -OCH3 is 1. The summed E-state index contributed by atoms with van der Waals surface area (Å²) in [6, 6.07) is 4.61. The Balaban J connectivity index is 2.78. The maximum atomic E-state index is 11.9. The van der Waals surface area contributed by atoms with Crippen molar-refractivity contribution >= 4 is 5.91 Å². The van der Waals surface area contributed by atoms with Crippen molar-refractivity contribution in [3.63, 3.8) is 0 Å². The van der Waals surface area contributed by atoms with Gasteiger partial charge >= 0.3 is 0 Å². The Morgan fingerprint density at radius 1 is 1.59 bits per heavy atom. The number of hydrogen-bond acceptors (Lipinski definition) is 4. The highest BCUT2D eigenvalue weighted by Crippen LogP contribution is 2.17. The lowest BCUT2D eigenvalue weighted by molar-refractivity contribution is 0.0898. The van der Waals surface area contributed by atoms with Gasteiger partial charge in [-0.25, -0.2) is 0 Å². The molecule has 5 nitrogen and oxygen atoms in total. The molecule has 0 aromatic heterocycles. The van der Waals surface area contributed by atoms with Crippen LogP contribution in [-0.4, -0.2) is 37.3 Å². The summed E-state index contributed by atoms with van der Waals surface area (Å²) in [7, 11) is 1.54. The van der Waals surface area contributed by atoms with Gasteiger partial charge in [-0.05, 0) is 19.1 Å². The molecular formula is C12H18N2O3. The lowest BCUT2D eigenvalue weighted by Crippen LogP contribution is -2.43. The van der Waals surface area contributed by atoms with E-state index in [4.69, 9.17) is 10.5 Å². The summed E-state index contributed by atoms with van der Waals surface area (Å²) in [5.74, 6) is -0.389. The number of nitrogens with one attached hydrogen (secondary N) is 1. The van der Waals surface area contributed by atoms with Gasteiger partial charge in [0.15, 0.2) is 0 Å². The van der Waals surface area contributed by atoms with Crippen LogP contribution in [0.5, 0.6) is 5.75 Å². The van der Waals surface area contributed by atoms with Crippen molar-refractivity contribution in [2.24, 2.45) is 5.73 Å². The second-order valence-electron chi connectivity index (χ2n) is 3.88. The number of carbonyl (C=O) groups is 1. The summed E-state index contributed by atoms with van der Waals surface area (Å²) >= 11 is 0. The Hall–Kier alpha value is -1.59. The van der Waals surface area contributed by atoms with Crippen LogP contribution >= 0.6 is 0 Å². The molecule has 0 radical (unpaired) electrons. The largest absolute Gasteiger partial charge is 0.507 e. The molecule has 0 saturated heterocycles. The van der Waals surface area contributed by atoms with E-state index < -0.39 is 0 Å². The molecule has 0 aliphatic rings. The fourth-order valence-electron chi connectivity index (χ4n) is 1.46. The van der Waals surface area contributed by atoms with Crippen LogP contribution in [0.25, 0.3) is 0 Å².